The largest absolute Gasteiger partial charge is 0.478 e. The number of rotatable bonds is 4. The third kappa shape index (κ3) is 3.23. The van der Waals surface area contributed by atoms with E-state index in [-0.39, 0.29) is 0 Å². The summed E-state index contributed by atoms with van der Waals surface area (Å²) in [6.45, 7) is 0. The van der Waals surface area contributed by atoms with Crippen molar-refractivity contribution in [2.45, 2.75) is 37.8 Å². The molecule has 1 N–H and O–H groups in total. The second-order valence-corrected chi connectivity index (χ2v) is 8.29. The summed E-state index contributed by atoms with van der Waals surface area (Å²) < 4.78 is 0. The minimum Gasteiger partial charge on any atom is -0.478 e. The first kappa shape index (κ1) is 15.2. The van der Waals surface area contributed by atoms with Crippen molar-refractivity contribution in [1.82, 2.24) is 0 Å². The standard InChI is InChI=1S/C19H21O2P/c20-19(21)17-13-7-8-14-18(17)22(15-9-3-1-4-10-15)16-11-5-2-6-12-16/h1,3-4,7-10,13-14,16H,2,5-6,11-12H2,(H,20,21). The zero-order valence-corrected chi connectivity index (χ0v) is 13.5. The van der Waals surface area contributed by atoms with Gasteiger partial charge in [0.15, 0.2) is 0 Å². The Morgan fingerprint density at radius 3 is 2.23 bits per heavy atom. The Morgan fingerprint density at radius 2 is 1.55 bits per heavy atom. The van der Waals surface area contributed by atoms with Crippen molar-refractivity contribution in [2.24, 2.45) is 0 Å². The molecule has 22 heavy (non-hydrogen) atoms. The van der Waals surface area contributed by atoms with Crippen molar-refractivity contribution in [1.29, 1.82) is 0 Å². The quantitative estimate of drug-likeness (QED) is 0.861. The molecular formula is C19H21O2P. The third-order valence-electron chi connectivity index (χ3n) is 4.37. The molecular weight excluding hydrogens is 291 g/mol. The van der Waals surface area contributed by atoms with Crippen molar-refractivity contribution < 1.29 is 9.90 Å². The first-order valence-corrected chi connectivity index (χ1v) is 9.35. The fourth-order valence-corrected chi connectivity index (χ4v) is 6.48. The minimum atomic E-state index is -0.810. The maximum absolute atomic E-state index is 11.7. The van der Waals surface area contributed by atoms with Crippen LogP contribution in [0.5, 0.6) is 0 Å². The number of benzene rings is 2. The Morgan fingerprint density at radius 1 is 0.909 bits per heavy atom. The molecule has 0 heterocycles. The molecule has 0 radical (unpaired) electrons. The summed E-state index contributed by atoms with van der Waals surface area (Å²) in [5.74, 6) is -0.810. The number of hydrogen-bond acceptors (Lipinski definition) is 1. The van der Waals surface area contributed by atoms with Gasteiger partial charge in [0.05, 0.1) is 5.56 Å². The Balaban J connectivity index is 2.07. The van der Waals surface area contributed by atoms with Crippen LogP contribution >= 0.6 is 7.92 Å². The average Bonchev–Trinajstić information content (AvgIpc) is 2.57. The van der Waals surface area contributed by atoms with Crippen LogP contribution in [-0.2, 0) is 0 Å². The van der Waals surface area contributed by atoms with Gasteiger partial charge in [-0.2, -0.15) is 0 Å². The lowest BCUT2D eigenvalue weighted by molar-refractivity contribution is 0.0698. The van der Waals surface area contributed by atoms with Crippen LogP contribution in [-0.4, -0.2) is 16.7 Å². The van der Waals surface area contributed by atoms with Crippen molar-refractivity contribution in [2.75, 3.05) is 0 Å². The molecule has 0 aromatic heterocycles. The van der Waals surface area contributed by atoms with E-state index in [2.05, 4.69) is 24.3 Å². The summed E-state index contributed by atoms with van der Waals surface area (Å²) >= 11 is 0. The molecule has 1 saturated carbocycles. The van der Waals surface area contributed by atoms with Gasteiger partial charge in [0, 0.05) is 0 Å². The summed E-state index contributed by atoms with van der Waals surface area (Å²) in [5.41, 5.74) is 1.08. The van der Waals surface area contributed by atoms with Gasteiger partial charge in [-0.15, -0.1) is 0 Å². The monoisotopic (exact) mass is 312 g/mol. The Labute approximate surface area is 132 Å². The van der Waals surface area contributed by atoms with Gasteiger partial charge in [0.25, 0.3) is 0 Å². The topological polar surface area (TPSA) is 37.3 Å². The van der Waals surface area contributed by atoms with E-state index in [0.29, 0.717) is 11.2 Å². The molecule has 1 aliphatic rings. The maximum atomic E-state index is 11.7. The number of hydrogen-bond donors (Lipinski definition) is 1. The van der Waals surface area contributed by atoms with Crippen LogP contribution in [0.3, 0.4) is 0 Å². The van der Waals surface area contributed by atoms with Gasteiger partial charge in [0.2, 0.25) is 0 Å². The third-order valence-corrected chi connectivity index (χ3v) is 7.38. The van der Waals surface area contributed by atoms with E-state index in [4.69, 9.17) is 0 Å². The molecule has 3 heteroatoms. The van der Waals surface area contributed by atoms with E-state index in [1.807, 2.05) is 24.3 Å². The molecule has 1 unspecified atom stereocenters. The summed E-state index contributed by atoms with van der Waals surface area (Å²) in [5, 5.41) is 11.9. The molecule has 1 aliphatic carbocycles. The molecule has 1 atom stereocenters. The van der Waals surface area contributed by atoms with E-state index in [0.717, 1.165) is 5.30 Å². The maximum Gasteiger partial charge on any atom is 0.336 e. The predicted octanol–water partition coefficient (Wildman–Crippen LogP) is 4.15. The zero-order chi connectivity index (χ0) is 15.4. The highest BCUT2D eigenvalue weighted by atomic mass is 31.1. The molecule has 0 spiro atoms. The van der Waals surface area contributed by atoms with Gasteiger partial charge >= 0.3 is 5.97 Å². The Hall–Kier alpha value is -1.66. The van der Waals surface area contributed by atoms with Gasteiger partial charge < -0.3 is 5.11 Å². The minimum absolute atomic E-state index is 0.475. The SMILES string of the molecule is O=C(O)c1ccccc1P(c1ccccc1)C1CCCCC1. The molecule has 0 aliphatic heterocycles. The van der Waals surface area contributed by atoms with Gasteiger partial charge in [0.1, 0.15) is 0 Å². The highest BCUT2D eigenvalue weighted by Crippen LogP contribution is 2.46. The number of aromatic carboxylic acids is 1. The smallest absolute Gasteiger partial charge is 0.336 e. The van der Waals surface area contributed by atoms with Gasteiger partial charge in [-0.3, -0.25) is 0 Å². The number of carboxylic acids is 1. The van der Waals surface area contributed by atoms with Crippen LogP contribution in [0.1, 0.15) is 42.5 Å². The van der Waals surface area contributed by atoms with E-state index >= 15 is 0 Å². The molecule has 2 aromatic carbocycles. The lowest BCUT2D eigenvalue weighted by atomic mass is 10.0. The van der Waals surface area contributed by atoms with Gasteiger partial charge in [-0.25, -0.2) is 4.79 Å². The molecule has 0 amide bonds. The second-order valence-electron chi connectivity index (χ2n) is 5.82. The predicted molar refractivity (Wildman–Crippen MR) is 92.9 cm³/mol. The summed E-state index contributed by atoms with van der Waals surface area (Å²) in [6, 6.07) is 18.1. The Bertz CT molecular complexity index is 633. The van der Waals surface area contributed by atoms with Gasteiger partial charge in [-0.1, -0.05) is 67.8 Å². The van der Waals surface area contributed by atoms with Crippen LogP contribution in [0.15, 0.2) is 54.6 Å². The van der Waals surface area contributed by atoms with Crippen molar-refractivity contribution in [3.05, 3.63) is 60.2 Å². The highest BCUT2D eigenvalue weighted by molar-refractivity contribution is 7.73. The lowest BCUT2D eigenvalue weighted by Crippen LogP contribution is -2.27. The van der Waals surface area contributed by atoms with Crippen LogP contribution in [0.25, 0.3) is 0 Å². The van der Waals surface area contributed by atoms with Crippen LogP contribution in [0.4, 0.5) is 0 Å². The van der Waals surface area contributed by atoms with Crippen molar-refractivity contribution in [3.63, 3.8) is 0 Å². The molecule has 114 valence electrons. The first-order chi connectivity index (χ1) is 10.8. The van der Waals surface area contributed by atoms with Crippen LogP contribution in [0.2, 0.25) is 0 Å². The average molecular weight is 312 g/mol. The highest BCUT2D eigenvalue weighted by Gasteiger charge is 2.28. The van der Waals surface area contributed by atoms with Crippen molar-refractivity contribution >= 4 is 24.5 Å². The van der Waals surface area contributed by atoms with Crippen LogP contribution in [0, 0.1) is 0 Å². The van der Waals surface area contributed by atoms with E-state index in [1.165, 1.54) is 37.4 Å². The number of carbonyl (C=O) groups is 1. The fraction of sp³-hybridized carbons (Fsp3) is 0.316. The summed E-state index contributed by atoms with van der Waals surface area (Å²) in [6.07, 6.45) is 6.29. The summed E-state index contributed by atoms with van der Waals surface area (Å²) in [7, 11) is -0.603. The van der Waals surface area contributed by atoms with Gasteiger partial charge in [-0.05, 0) is 43.1 Å². The van der Waals surface area contributed by atoms with Crippen LogP contribution < -0.4 is 10.6 Å². The van der Waals surface area contributed by atoms with Crippen molar-refractivity contribution in [3.8, 4) is 0 Å². The first-order valence-electron chi connectivity index (χ1n) is 7.94. The Kier molecular flexibility index (Phi) is 4.90. The van der Waals surface area contributed by atoms with E-state index in [1.54, 1.807) is 6.07 Å². The van der Waals surface area contributed by atoms with E-state index < -0.39 is 13.9 Å². The molecule has 2 nitrogen and oxygen atoms in total. The number of carboxylic acid groups (broad SMARTS) is 1. The molecule has 1 fully saturated rings. The fourth-order valence-electron chi connectivity index (χ4n) is 3.34. The second kappa shape index (κ2) is 7.07. The lowest BCUT2D eigenvalue weighted by Gasteiger charge is -2.32. The zero-order valence-electron chi connectivity index (χ0n) is 12.6. The molecule has 2 aromatic rings. The normalized spacial score (nSPS) is 17.1. The molecule has 0 bridgehead atoms. The summed E-state index contributed by atoms with van der Waals surface area (Å²) in [4.78, 5) is 11.7. The molecule has 3 rings (SSSR count). The van der Waals surface area contributed by atoms with E-state index in [9.17, 15) is 9.90 Å². The molecule has 0 saturated heterocycles.